The van der Waals surface area contributed by atoms with Gasteiger partial charge in [-0.05, 0) is 53.2 Å². The highest BCUT2D eigenvalue weighted by molar-refractivity contribution is 9.10. The van der Waals surface area contributed by atoms with Crippen molar-refractivity contribution in [2.24, 2.45) is 5.92 Å². The number of nitrogens with zero attached hydrogens (tertiary/aromatic N) is 6. The summed E-state index contributed by atoms with van der Waals surface area (Å²) < 4.78 is 2.14. The number of carbonyl (C=O) groups excluding carboxylic acids is 2. The van der Waals surface area contributed by atoms with Crippen LogP contribution < -0.4 is 11.1 Å². The van der Waals surface area contributed by atoms with E-state index in [1.54, 1.807) is 29.3 Å². The Labute approximate surface area is 180 Å². The molecular weight excluding hydrogens is 452 g/mol. The summed E-state index contributed by atoms with van der Waals surface area (Å²) in [6.45, 7) is -0.0118. The lowest BCUT2D eigenvalue weighted by Crippen LogP contribution is -2.50. The Balaban J connectivity index is 1.37. The minimum atomic E-state index is -0.530. The number of hydrogen-bond donors (Lipinski definition) is 2. The average molecular weight is 471 g/mol. The second kappa shape index (κ2) is 7.31. The SMILES string of the molecule is Nc1ncnc2c1cnn2CC(=O)N1[C@@H]2CC[C@@H]2C[C@H]1C(=O)Nc1cccc(Br)n1. The summed E-state index contributed by atoms with van der Waals surface area (Å²) in [7, 11) is 0. The lowest BCUT2D eigenvalue weighted by atomic mass is 9.80. The van der Waals surface area contributed by atoms with Crippen LogP contribution in [0.2, 0.25) is 0 Å². The summed E-state index contributed by atoms with van der Waals surface area (Å²) in [5, 5.41) is 7.69. The molecule has 154 valence electrons. The van der Waals surface area contributed by atoms with E-state index in [0.717, 1.165) is 12.8 Å². The highest BCUT2D eigenvalue weighted by Crippen LogP contribution is 2.44. The summed E-state index contributed by atoms with van der Waals surface area (Å²) in [6.07, 6.45) is 5.49. The number of nitrogens with one attached hydrogen (secondary N) is 1. The number of fused-ring (bicyclic) bond motifs is 2. The Kier molecular flexibility index (Phi) is 4.61. The number of amides is 2. The molecule has 1 saturated heterocycles. The molecule has 0 radical (unpaired) electrons. The Morgan fingerprint density at radius 3 is 2.90 bits per heavy atom. The third kappa shape index (κ3) is 3.18. The number of nitrogen functional groups attached to an aromatic ring is 1. The second-order valence-electron chi connectivity index (χ2n) is 7.59. The zero-order chi connectivity index (χ0) is 20.8. The highest BCUT2D eigenvalue weighted by atomic mass is 79.9. The van der Waals surface area contributed by atoms with Gasteiger partial charge >= 0.3 is 0 Å². The summed E-state index contributed by atoms with van der Waals surface area (Å²) in [4.78, 5) is 40.4. The smallest absolute Gasteiger partial charge is 0.248 e. The first-order valence-corrected chi connectivity index (χ1v) is 10.5. The van der Waals surface area contributed by atoms with Crippen molar-refractivity contribution in [3.63, 3.8) is 0 Å². The molecule has 3 atom stereocenters. The molecule has 0 bridgehead atoms. The van der Waals surface area contributed by atoms with E-state index < -0.39 is 6.04 Å². The minimum absolute atomic E-state index is 0.0118. The average Bonchev–Trinajstić information content (AvgIpc) is 3.21. The normalized spacial score (nSPS) is 22.6. The fourth-order valence-electron chi connectivity index (χ4n) is 4.34. The molecule has 1 aliphatic heterocycles. The van der Waals surface area contributed by atoms with E-state index >= 15 is 0 Å². The molecule has 2 amide bonds. The van der Waals surface area contributed by atoms with Gasteiger partial charge in [-0.2, -0.15) is 5.10 Å². The fourth-order valence-corrected chi connectivity index (χ4v) is 4.68. The zero-order valence-corrected chi connectivity index (χ0v) is 17.5. The zero-order valence-electron chi connectivity index (χ0n) is 15.9. The lowest BCUT2D eigenvalue weighted by molar-refractivity contribution is -0.140. The molecule has 5 rings (SSSR count). The molecule has 4 heterocycles. The van der Waals surface area contributed by atoms with Crippen molar-refractivity contribution in [1.82, 2.24) is 29.6 Å². The highest BCUT2D eigenvalue weighted by Gasteiger charge is 2.51. The fraction of sp³-hybridized carbons (Fsp3) is 0.368. The van der Waals surface area contributed by atoms with E-state index in [9.17, 15) is 9.59 Å². The first-order valence-electron chi connectivity index (χ1n) is 9.68. The van der Waals surface area contributed by atoms with Crippen molar-refractivity contribution in [3.05, 3.63) is 35.3 Å². The van der Waals surface area contributed by atoms with E-state index in [2.05, 4.69) is 41.3 Å². The molecule has 10 nitrogen and oxygen atoms in total. The van der Waals surface area contributed by atoms with Gasteiger partial charge in [0.1, 0.15) is 35.2 Å². The van der Waals surface area contributed by atoms with Crippen LogP contribution in [-0.2, 0) is 16.1 Å². The van der Waals surface area contributed by atoms with Crippen LogP contribution in [0.4, 0.5) is 11.6 Å². The van der Waals surface area contributed by atoms with Crippen molar-refractivity contribution in [3.8, 4) is 0 Å². The van der Waals surface area contributed by atoms with Crippen LogP contribution in [0.1, 0.15) is 19.3 Å². The molecule has 11 heteroatoms. The molecule has 1 saturated carbocycles. The minimum Gasteiger partial charge on any atom is -0.383 e. The predicted molar refractivity (Wildman–Crippen MR) is 112 cm³/mol. The van der Waals surface area contributed by atoms with E-state index in [1.807, 2.05) is 0 Å². The van der Waals surface area contributed by atoms with Crippen LogP contribution in [0, 0.1) is 5.92 Å². The first-order chi connectivity index (χ1) is 14.5. The third-order valence-corrected chi connectivity index (χ3v) is 6.34. The molecule has 0 aromatic carbocycles. The van der Waals surface area contributed by atoms with Crippen LogP contribution in [-0.4, -0.2) is 53.5 Å². The van der Waals surface area contributed by atoms with Crippen LogP contribution in [0.5, 0.6) is 0 Å². The van der Waals surface area contributed by atoms with Crippen molar-refractivity contribution < 1.29 is 9.59 Å². The number of halogens is 1. The van der Waals surface area contributed by atoms with E-state index in [1.165, 1.54) is 11.0 Å². The Bertz CT molecular complexity index is 1150. The summed E-state index contributed by atoms with van der Waals surface area (Å²) in [6, 6.07) is 4.86. The van der Waals surface area contributed by atoms with Gasteiger partial charge in [-0.15, -0.1) is 0 Å². The standard InChI is InChI=1S/C19H19BrN8O2/c20-14-2-1-3-15(25-14)26-19(30)13-6-10-4-5-12(10)28(13)16(29)8-27-18-11(7-24-27)17(21)22-9-23-18/h1-3,7,9-10,12-13H,4-6,8H2,(H2,21,22,23)(H,25,26,30)/t10-,12-,13+/m1/s1. The Morgan fingerprint density at radius 2 is 2.13 bits per heavy atom. The Morgan fingerprint density at radius 1 is 1.27 bits per heavy atom. The van der Waals surface area contributed by atoms with E-state index in [0.29, 0.717) is 39.6 Å². The molecule has 30 heavy (non-hydrogen) atoms. The monoisotopic (exact) mass is 470 g/mol. The van der Waals surface area contributed by atoms with Gasteiger partial charge in [0, 0.05) is 6.04 Å². The molecule has 3 aromatic heterocycles. The van der Waals surface area contributed by atoms with Crippen molar-refractivity contribution in [2.75, 3.05) is 11.1 Å². The van der Waals surface area contributed by atoms with Gasteiger partial charge in [-0.1, -0.05) is 6.07 Å². The van der Waals surface area contributed by atoms with Gasteiger partial charge < -0.3 is 16.0 Å². The number of carbonyl (C=O) groups is 2. The van der Waals surface area contributed by atoms with Gasteiger partial charge in [0.15, 0.2) is 5.65 Å². The predicted octanol–water partition coefficient (Wildman–Crippen LogP) is 1.58. The largest absolute Gasteiger partial charge is 0.383 e. The molecular formula is C19H19BrN8O2. The first kappa shape index (κ1) is 18.9. The van der Waals surface area contributed by atoms with Gasteiger partial charge in [0.2, 0.25) is 11.8 Å². The van der Waals surface area contributed by atoms with Gasteiger partial charge in [0.05, 0.1) is 11.6 Å². The van der Waals surface area contributed by atoms with Crippen LogP contribution in [0.25, 0.3) is 11.0 Å². The number of likely N-dealkylation sites (tertiary alicyclic amines) is 1. The second-order valence-corrected chi connectivity index (χ2v) is 8.40. The molecule has 1 aliphatic carbocycles. The quantitative estimate of drug-likeness (QED) is 0.553. The van der Waals surface area contributed by atoms with Gasteiger partial charge in [-0.3, -0.25) is 9.59 Å². The van der Waals surface area contributed by atoms with E-state index in [-0.39, 0.29) is 24.4 Å². The molecule has 3 aromatic rings. The molecule has 2 fully saturated rings. The van der Waals surface area contributed by atoms with Gasteiger partial charge in [-0.25, -0.2) is 19.6 Å². The van der Waals surface area contributed by atoms with Crippen molar-refractivity contribution in [1.29, 1.82) is 0 Å². The molecule has 2 aliphatic rings. The third-order valence-electron chi connectivity index (χ3n) is 5.90. The maximum absolute atomic E-state index is 13.2. The van der Waals surface area contributed by atoms with Crippen molar-refractivity contribution >= 4 is 50.4 Å². The van der Waals surface area contributed by atoms with Crippen LogP contribution in [0.3, 0.4) is 0 Å². The topological polar surface area (TPSA) is 132 Å². The van der Waals surface area contributed by atoms with Gasteiger partial charge in [0.25, 0.3) is 0 Å². The molecule has 3 N–H and O–H groups in total. The van der Waals surface area contributed by atoms with Crippen LogP contribution >= 0.6 is 15.9 Å². The molecule has 0 unspecified atom stereocenters. The number of rotatable bonds is 4. The Hall–Kier alpha value is -3.08. The lowest BCUT2D eigenvalue weighted by Gasteiger charge is -2.37. The summed E-state index contributed by atoms with van der Waals surface area (Å²) >= 11 is 3.30. The number of aromatic nitrogens is 5. The number of pyridine rings is 1. The number of nitrogens with two attached hydrogens (primary N) is 1. The number of hydrogen-bond acceptors (Lipinski definition) is 7. The van der Waals surface area contributed by atoms with Crippen molar-refractivity contribution in [2.45, 2.75) is 37.9 Å². The maximum Gasteiger partial charge on any atom is 0.248 e. The van der Waals surface area contributed by atoms with E-state index in [4.69, 9.17) is 5.73 Å². The van der Waals surface area contributed by atoms with Crippen LogP contribution in [0.15, 0.2) is 35.3 Å². The maximum atomic E-state index is 13.2. The summed E-state index contributed by atoms with van der Waals surface area (Å²) in [5.74, 6) is 0.739. The summed E-state index contributed by atoms with van der Waals surface area (Å²) in [5.41, 5.74) is 6.36. The molecule has 0 spiro atoms. The number of anilines is 2.